The van der Waals surface area contributed by atoms with Gasteiger partial charge in [-0.05, 0) is 37.6 Å². The van der Waals surface area contributed by atoms with Gasteiger partial charge in [0.05, 0.1) is 34.1 Å². The van der Waals surface area contributed by atoms with Crippen LogP contribution in [0.5, 0.6) is 0 Å². The Morgan fingerprint density at radius 2 is 2.00 bits per heavy atom. The van der Waals surface area contributed by atoms with Crippen LogP contribution in [0.2, 0.25) is 5.02 Å². The minimum atomic E-state index is -0.547. The second-order valence-electron chi connectivity index (χ2n) is 7.88. The van der Waals surface area contributed by atoms with Gasteiger partial charge in [0.2, 0.25) is 0 Å². The summed E-state index contributed by atoms with van der Waals surface area (Å²) in [7, 11) is 0. The van der Waals surface area contributed by atoms with Crippen molar-refractivity contribution >= 4 is 40.1 Å². The molecule has 0 aliphatic carbocycles. The van der Waals surface area contributed by atoms with Crippen molar-refractivity contribution in [1.29, 1.82) is 5.26 Å². The molecule has 4 aromatic rings. The van der Waals surface area contributed by atoms with Crippen LogP contribution in [0, 0.1) is 11.3 Å². The SMILES string of the molecule is CC(Nc1ncnc(N)c1C#N)c1nc2cccc(Cl)c2c(=O)n1CCCOC(=O)c1ccccc1. The Labute approximate surface area is 211 Å². The van der Waals surface area contributed by atoms with Crippen LogP contribution in [0.3, 0.4) is 0 Å². The molecule has 2 aromatic carbocycles. The number of carbonyl (C=O) groups excluding carboxylic acids is 1. The van der Waals surface area contributed by atoms with E-state index in [0.29, 0.717) is 28.7 Å². The van der Waals surface area contributed by atoms with E-state index in [1.807, 2.05) is 12.1 Å². The lowest BCUT2D eigenvalue weighted by atomic mass is 10.2. The number of hydrogen-bond acceptors (Lipinski definition) is 9. The minimum absolute atomic E-state index is 0.0399. The summed E-state index contributed by atoms with van der Waals surface area (Å²) in [5, 5.41) is 13.1. The lowest BCUT2D eigenvalue weighted by molar-refractivity contribution is 0.0495. The van der Waals surface area contributed by atoms with Crippen LogP contribution in [0.4, 0.5) is 11.6 Å². The minimum Gasteiger partial charge on any atom is -0.462 e. The topological polar surface area (TPSA) is 149 Å². The van der Waals surface area contributed by atoms with Crippen molar-refractivity contribution in [3.63, 3.8) is 0 Å². The maximum absolute atomic E-state index is 13.5. The number of nitrogen functional groups attached to an aromatic ring is 1. The van der Waals surface area contributed by atoms with Crippen LogP contribution in [0.1, 0.15) is 41.1 Å². The zero-order chi connectivity index (χ0) is 25.7. The highest BCUT2D eigenvalue weighted by Gasteiger charge is 2.20. The van der Waals surface area contributed by atoms with Gasteiger partial charge in [-0.15, -0.1) is 0 Å². The summed E-state index contributed by atoms with van der Waals surface area (Å²) < 4.78 is 6.84. The number of esters is 1. The largest absolute Gasteiger partial charge is 0.462 e. The molecule has 182 valence electrons. The molecule has 2 aromatic heterocycles. The number of nitrogens with one attached hydrogen (secondary N) is 1. The summed E-state index contributed by atoms with van der Waals surface area (Å²) in [6.07, 6.45) is 1.60. The molecule has 1 unspecified atom stereocenters. The van der Waals surface area contributed by atoms with Crippen molar-refractivity contribution in [1.82, 2.24) is 19.5 Å². The normalized spacial score (nSPS) is 11.6. The molecule has 0 bridgehead atoms. The summed E-state index contributed by atoms with van der Waals surface area (Å²) in [4.78, 5) is 38.3. The summed E-state index contributed by atoms with van der Waals surface area (Å²) in [5.74, 6) is 0.216. The van der Waals surface area contributed by atoms with E-state index < -0.39 is 12.0 Å². The van der Waals surface area contributed by atoms with E-state index in [-0.39, 0.29) is 40.9 Å². The number of nitrogens with two attached hydrogens (primary N) is 1. The second-order valence-corrected chi connectivity index (χ2v) is 8.28. The maximum Gasteiger partial charge on any atom is 0.338 e. The highest BCUT2D eigenvalue weighted by molar-refractivity contribution is 6.35. The number of anilines is 2. The van der Waals surface area contributed by atoms with Crippen LogP contribution in [-0.4, -0.2) is 32.1 Å². The molecular formula is C25H22ClN7O3. The predicted octanol–water partition coefficient (Wildman–Crippen LogP) is 3.71. The van der Waals surface area contributed by atoms with Crippen molar-refractivity contribution in [2.75, 3.05) is 17.7 Å². The van der Waals surface area contributed by atoms with Gasteiger partial charge in [-0.1, -0.05) is 35.9 Å². The molecule has 0 aliphatic heterocycles. The van der Waals surface area contributed by atoms with Crippen LogP contribution in [0.25, 0.3) is 10.9 Å². The Bertz CT molecular complexity index is 1520. The average molecular weight is 504 g/mol. The van der Waals surface area contributed by atoms with Gasteiger partial charge in [0, 0.05) is 6.54 Å². The Kier molecular flexibility index (Phi) is 7.42. The number of benzene rings is 2. The lowest BCUT2D eigenvalue weighted by Crippen LogP contribution is -2.29. The van der Waals surface area contributed by atoms with Gasteiger partial charge in [0.25, 0.3) is 5.56 Å². The van der Waals surface area contributed by atoms with Gasteiger partial charge in [-0.3, -0.25) is 9.36 Å². The lowest BCUT2D eigenvalue weighted by Gasteiger charge is -2.20. The van der Waals surface area contributed by atoms with E-state index >= 15 is 0 Å². The molecule has 2 heterocycles. The molecule has 0 radical (unpaired) electrons. The fraction of sp³-hybridized carbons (Fsp3) is 0.200. The fourth-order valence-corrected chi connectivity index (χ4v) is 3.97. The molecule has 4 rings (SSSR count). The molecule has 0 saturated carbocycles. The van der Waals surface area contributed by atoms with Crippen LogP contribution in [-0.2, 0) is 11.3 Å². The fourth-order valence-electron chi connectivity index (χ4n) is 3.72. The summed E-state index contributed by atoms with van der Waals surface area (Å²) in [6.45, 7) is 2.10. The van der Waals surface area contributed by atoms with Gasteiger partial charge in [0.15, 0.2) is 0 Å². The van der Waals surface area contributed by atoms with E-state index in [9.17, 15) is 14.9 Å². The third-order valence-corrected chi connectivity index (χ3v) is 5.77. The average Bonchev–Trinajstić information content (AvgIpc) is 2.88. The first kappa shape index (κ1) is 24.6. The van der Waals surface area contributed by atoms with E-state index in [1.54, 1.807) is 49.4 Å². The Morgan fingerprint density at radius 1 is 1.22 bits per heavy atom. The van der Waals surface area contributed by atoms with Crippen molar-refractivity contribution in [3.05, 3.63) is 87.2 Å². The molecule has 11 heteroatoms. The molecule has 36 heavy (non-hydrogen) atoms. The zero-order valence-electron chi connectivity index (χ0n) is 19.3. The van der Waals surface area contributed by atoms with Crippen molar-refractivity contribution in [2.45, 2.75) is 25.9 Å². The Balaban J connectivity index is 1.62. The Hall–Kier alpha value is -4.49. The van der Waals surface area contributed by atoms with Crippen LogP contribution in [0.15, 0.2) is 59.7 Å². The highest BCUT2D eigenvalue weighted by Crippen LogP contribution is 2.24. The summed E-state index contributed by atoms with van der Waals surface area (Å²) >= 11 is 6.32. The molecule has 0 amide bonds. The van der Waals surface area contributed by atoms with E-state index in [2.05, 4.69) is 20.3 Å². The number of nitrogens with zero attached hydrogens (tertiary/aromatic N) is 5. The second kappa shape index (κ2) is 10.8. The third kappa shape index (κ3) is 5.11. The van der Waals surface area contributed by atoms with Crippen LogP contribution < -0.4 is 16.6 Å². The molecule has 0 spiro atoms. The standard InChI is InChI=1S/C25H22ClN7O3/c1-15(31-22-17(13-27)21(28)29-14-30-22)23-32-19-10-5-9-18(26)20(19)24(34)33(23)11-6-12-36-25(35)16-7-3-2-4-8-16/h2-5,7-10,14-15H,6,11-12H2,1H3,(H3,28,29,30,31). The number of ether oxygens (including phenoxy) is 1. The first-order valence-electron chi connectivity index (χ1n) is 11.1. The van der Waals surface area contributed by atoms with Gasteiger partial charge in [0.1, 0.15) is 35.4 Å². The van der Waals surface area contributed by atoms with E-state index in [4.69, 9.17) is 22.1 Å². The number of rotatable bonds is 8. The highest BCUT2D eigenvalue weighted by atomic mass is 35.5. The number of halogens is 1. The van der Waals surface area contributed by atoms with E-state index in [0.717, 1.165) is 0 Å². The van der Waals surface area contributed by atoms with Crippen LogP contribution >= 0.6 is 11.6 Å². The number of aromatic nitrogens is 4. The van der Waals surface area contributed by atoms with Gasteiger partial charge in [-0.2, -0.15) is 5.26 Å². The smallest absolute Gasteiger partial charge is 0.338 e. The first-order chi connectivity index (χ1) is 17.4. The predicted molar refractivity (Wildman–Crippen MR) is 136 cm³/mol. The van der Waals surface area contributed by atoms with Gasteiger partial charge < -0.3 is 15.8 Å². The third-order valence-electron chi connectivity index (χ3n) is 5.46. The maximum atomic E-state index is 13.5. The summed E-state index contributed by atoms with van der Waals surface area (Å²) in [5.41, 5.74) is 6.45. The molecular weight excluding hydrogens is 482 g/mol. The monoisotopic (exact) mass is 503 g/mol. The molecule has 0 aliphatic rings. The zero-order valence-corrected chi connectivity index (χ0v) is 20.1. The van der Waals surface area contributed by atoms with Crippen molar-refractivity contribution in [3.8, 4) is 6.07 Å². The molecule has 1 atom stereocenters. The number of hydrogen-bond donors (Lipinski definition) is 2. The van der Waals surface area contributed by atoms with Crippen molar-refractivity contribution in [2.24, 2.45) is 0 Å². The van der Waals surface area contributed by atoms with Crippen molar-refractivity contribution < 1.29 is 9.53 Å². The van der Waals surface area contributed by atoms with E-state index in [1.165, 1.54) is 10.9 Å². The Morgan fingerprint density at radius 3 is 2.75 bits per heavy atom. The quantitative estimate of drug-likeness (QED) is 0.271. The van der Waals surface area contributed by atoms with Gasteiger partial charge >= 0.3 is 5.97 Å². The first-order valence-corrected chi connectivity index (χ1v) is 11.5. The number of nitriles is 1. The molecule has 10 nitrogen and oxygen atoms in total. The molecule has 0 saturated heterocycles. The van der Waals surface area contributed by atoms with Gasteiger partial charge in [-0.25, -0.2) is 19.7 Å². The number of carbonyl (C=O) groups is 1. The molecule has 0 fully saturated rings. The number of fused-ring (bicyclic) bond motifs is 1. The summed E-state index contributed by atoms with van der Waals surface area (Å²) in [6, 6.07) is 15.1. The molecule has 3 N–H and O–H groups in total.